The van der Waals surface area contributed by atoms with Gasteiger partial charge in [0.15, 0.2) is 0 Å². The summed E-state index contributed by atoms with van der Waals surface area (Å²) in [5, 5.41) is 10.4. The van der Waals surface area contributed by atoms with Crippen molar-refractivity contribution in [2.24, 2.45) is 5.73 Å². The van der Waals surface area contributed by atoms with E-state index in [-0.39, 0.29) is 5.92 Å². The number of ether oxygens (including phenoxy) is 1. The molecular formula is C16H24BrNO2. The summed E-state index contributed by atoms with van der Waals surface area (Å²) in [5.74, 6) is 0.00619. The molecule has 0 amide bonds. The molecule has 0 spiro atoms. The summed E-state index contributed by atoms with van der Waals surface area (Å²) in [5.41, 5.74) is 6.95. The van der Waals surface area contributed by atoms with Crippen LogP contribution in [-0.2, 0) is 4.74 Å². The van der Waals surface area contributed by atoms with Crippen molar-refractivity contribution in [2.75, 3.05) is 13.2 Å². The minimum Gasteiger partial charge on any atom is -0.392 e. The van der Waals surface area contributed by atoms with Gasteiger partial charge in [0, 0.05) is 23.5 Å². The van der Waals surface area contributed by atoms with Crippen LogP contribution in [0.25, 0.3) is 0 Å². The van der Waals surface area contributed by atoms with Crippen molar-refractivity contribution in [1.82, 2.24) is 0 Å². The number of hydrogen-bond donors (Lipinski definition) is 2. The monoisotopic (exact) mass is 341 g/mol. The highest BCUT2D eigenvalue weighted by Gasteiger charge is 2.22. The van der Waals surface area contributed by atoms with Gasteiger partial charge in [-0.3, -0.25) is 0 Å². The Bertz CT molecular complexity index is 390. The molecule has 0 radical (unpaired) electrons. The third-order valence-corrected chi connectivity index (χ3v) is 4.60. The highest BCUT2D eigenvalue weighted by molar-refractivity contribution is 9.10. The molecule has 2 rings (SSSR count). The molecule has 1 heterocycles. The molecule has 0 bridgehead atoms. The zero-order valence-corrected chi connectivity index (χ0v) is 13.4. The molecule has 3 N–H and O–H groups in total. The van der Waals surface area contributed by atoms with Gasteiger partial charge in [-0.1, -0.05) is 28.1 Å². The molecule has 1 aliphatic rings. The summed E-state index contributed by atoms with van der Waals surface area (Å²) in [6, 6.07) is 8.05. The minimum absolute atomic E-state index is 0.00619. The first-order chi connectivity index (χ1) is 9.70. The fourth-order valence-electron chi connectivity index (χ4n) is 2.82. The van der Waals surface area contributed by atoms with Crippen molar-refractivity contribution in [2.45, 2.75) is 50.2 Å². The van der Waals surface area contributed by atoms with Gasteiger partial charge < -0.3 is 15.6 Å². The third-order valence-electron chi connectivity index (χ3n) is 4.07. The topological polar surface area (TPSA) is 55.5 Å². The lowest BCUT2D eigenvalue weighted by atomic mass is 9.89. The first-order valence-corrected chi connectivity index (χ1v) is 8.25. The normalized spacial score (nSPS) is 22.4. The number of rotatable bonds is 6. The second-order valence-electron chi connectivity index (χ2n) is 5.53. The average molecular weight is 342 g/mol. The highest BCUT2D eigenvalue weighted by Crippen LogP contribution is 2.25. The van der Waals surface area contributed by atoms with E-state index in [1.165, 1.54) is 12.8 Å². The van der Waals surface area contributed by atoms with Crippen molar-refractivity contribution in [3.05, 3.63) is 34.3 Å². The summed E-state index contributed by atoms with van der Waals surface area (Å²) in [6.07, 6.45) is 5.14. The second kappa shape index (κ2) is 8.13. The summed E-state index contributed by atoms with van der Waals surface area (Å²) in [7, 11) is 0. The Hall–Kier alpha value is -0.420. The largest absolute Gasteiger partial charge is 0.392 e. The van der Waals surface area contributed by atoms with Crippen LogP contribution < -0.4 is 5.73 Å². The standard InChI is InChI=1S/C16H24BrNO2/c17-13-6-4-12(5-7-13)15(11-18)16(19)9-8-14-3-1-2-10-20-14/h4-7,14-16,19H,1-3,8-11,18H2. The molecule has 1 aromatic carbocycles. The number of hydrogen-bond acceptors (Lipinski definition) is 3. The Balaban J connectivity index is 1.87. The van der Waals surface area contributed by atoms with Crippen LogP contribution in [0.4, 0.5) is 0 Å². The summed E-state index contributed by atoms with van der Waals surface area (Å²) >= 11 is 3.43. The SMILES string of the molecule is NCC(c1ccc(Br)cc1)C(O)CCC1CCCCO1. The van der Waals surface area contributed by atoms with E-state index >= 15 is 0 Å². The first-order valence-electron chi connectivity index (χ1n) is 7.46. The summed E-state index contributed by atoms with van der Waals surface area (Å²) < 4.78 is 6.76. The van der Waals surface area contributed by atoms with Crippen LogP contribution in [0.5, 0.6) is 0 Å². The van der Waals surface area contributed by atoms with Gasteiger partial charge in [-0.25, -0.2) is 0 Å². The maximum absolute atomic E-state index is 10.4. The summed E-state index contributed by atoms with van der Waals surface area (Å²) in [4.78, 5) is 0. The Morgan fingerprint density at radius 1 is 1.30 bits per heavy atom. The van der Waals surface area contributed by atoms with E-state index in [1.807, 2.05) is 24.3 Å². The van der Waals surface area contributed by atoms with Crippen LogP contribution in [0, 0.1) is 0 Å². The molecule has 1 saturated heterocycles. The van der Waals surface area contributed by atoms with Gasteiger partial charge in [0.2, 0.25) is 0 Å². The number of nitrogens with two attached hydrogens (primary N) is 1. The fourth-order valence-corrected chi connectivity index (χ4v) is 3.08. The van der Waals surface area contributed by atoms with Crippen molar-refractivity contribution in [3.63, 3.8) is 0 Å². The molecule has 3 nitrogen and oxygen atoms in total. The van der Waals surface area contributed by atoms with Gasteiger partial charge in [-0.15, -0.1) is 0 Å². The lowest BCUT2D eigenvalue weighted by Crippen LogP contribution is -2.28. The van der Waals surface area contributed by atoms with E-state index in [0.29, 0.717) is 12.6 Å². The number of aliphatic hydroxyl groups is 1. The van der Waals surface area contributed by atoms with Crippen LogP contribution in [-0.4, -0.2) is 30.5 Å². The average Bonchev–Trinajstić information content (AvgIpc) is 2.49. The molecule has 0 saturated carbocycles. The fraction of sp³-hybridized carbons (Fsp3) is 0.625. The molecule has 1 aromatic rings. The van der Waals surface area contributed by atoms with Gasteiger partial charge in [0.25, 0.3) is 0 Å². The van der Waals surface area contributed by atoms with Crippen LogP contribution >= 0.6 is 15.9 Å². The second-order valence-corrected chi connectivity index (χ2v) is 6.44. The molecule has 20 heavy (non-hydrogen) atoms. The first kappa shape index (κ1) is 16.0. The summed E-state index contributed by atoms with van der Waals surface area (Å²) in [6.45, 7) is 1.34. The van der Waals surface area contributed by atoms with Gasteiger partial charge in [0.1, 0.15) is 0 Å². The van der Waals surface area contributed by atoms with Gasteiger partial charge in [0.05, 0.1) is 12.2 Å². The number of benzene rings is 1. The molecule has 112 valence electrons. The van der Waals surface area contributed by atoms with E-state index in [9.17, 15) is 5.11 Å². The van der Waals surface area contributed by atoms with Gasteiger partial charge >= 0.3 is 0 Å². The quantitative estimate of drug-likeness (QED) is 0.835. The van der Waals surface area contributed by atoms with E-state index in [2.05, 4.69) is 15.9 Å². The maximum Gasteiger partial charge on any atom is 0.0621 e. The minimum atomic E-state index is -0.397. The Labute approximate surface area is 129 Å². The maximum atomic E-state index is 10.4. The van der Waals surface area contributed by atoms with Crippen molar-refractivity contribution in [3.8, 4) is 0 Å². The number of aliphatic hydroxyl groups excluding tert-OH is 1. The van der Waals surface area contributed by atoms with Crippen LogP contribution in [0.15, 0.2) is 28.7 Å². The van der Waals surface area contributed by atoms with Gasteiger partial charge in [-0.2, -0.15) is 0 Å². The predicted octanol–water partition coefficient (Wildman–Crippen LogP) is 3.20. The lowest BCUT2D eigenvalue weighted by Gasteiger charge is -2.26. The molecular weight excluding hydrogens is 318 g/mol. The number of halogens is 1. The van der Waals surface area contributed by atoms with E-state index in [0.717, 1.165) is 35.9 Å². The van der Waals surface area contributed by atoms with E-state index in [1.54, 1.807) is 0 Å². The lowest BCUT2D eigenvalue weighted by molar-refractivity contribution is 0.000432. The van der Waals surface area contributed by atoms with Crippen molar-refractivity contribution >= 4 is 15.9 Å². The van der Waals surface area contributed by atoms with Gasteiger partial charge in [-0.05, 0) is 49.8 Å². The molecule has 4 heteroatoms. The van der Waals surface area contributed by atoms with Crippen molar-refractivity contribution in [1.29, 1.82) is 0 Å². The molecule has 3 atom stereocenters. The van der Waals surface area contributed by atoms with Crippen LogP contribution in [0.2, 0.25) is 0 Å². The zero-order chi connectivity index (χ0) is 14.4. The molecule has 1 fully saturated rings. The Kier molecular flexibility index (Phi) is 6.49. The predicted molar refractivity (Wildman–Crippen MR) is 84.8 cm³/mol. The molecule has 0 aliphatic carbocycles. The molecule has 3 unspecified atom stereocenters. The Morgan fingerprint density at radius 3 is 2.65 bits per heavy atom. The van der Waals surface area contributed by atoms with Crippen LogP contribution in [0.3, 0.4) is 0 Å². The third kappa shape index (κ3) is 4.55. The van der Waals surface area contributed by atoms with Crippen LogP contribution in [0.1, 0.15) is 43.6 Å². The van der Waals surface area contributed by atoms with E-state index < -0.39 is 6.10 Å². The van der Waals surface area contributed by atoms with E-state index in [4.69, 9.17) is 10.5 Å². The van der Waals surface area contributed by atoms with Crippen molar-refractivity contribution < 1.29 is 9.84 Å². The Morgan fingerprint density at radius 2 is 2.05 bits per heavy atom. The highest BCUT2D eigenvalue weighted by atomic mass is 79.9. The smallest absolute Gasteiger partial charge is 0.0621 e. The molecule has 1 aliphatic heterocycles. The zero-order valence-electron chi connectivity index (χ0n) is 11.8. The molecule has 0 aromatic heterocycles.